The summed E-state index contributed by atoms with van der Waals surface area (Å²) >= 11 is 0. The second kappa shape index (κ2) is 4.63. The van der Waals surface area contributed by atoms with Gasteiger partial charge >= 0.3 is 0 Å². The first-order valence-electron chi connectivity index (χ1n) is 6.22. The molecular weight excluding hydrogens is 172 g/mol. The Morgan fingerprint density at radius 2 is 1.86 bits per heavy atom. The molecule has 0 aromatic carbocycles. The van der Waals surface area contributed by atoms with Crippen LogP contribution in [0.2, 0.25) is 0 Å². The fourth-order valence-corrected chi connectivity index (χ4v) is 2.81. The smallest absolute Gasteiger partial charge is 0.00387 e. The fourth-order valence-electron chi connectivity index (χ4n) is 2.81. The molecule has 2 rings (SSSR count). The van der Waals surface area contributed by atoms with Gasteiger partial charge in [0, 0.05) is 19.1 Å². The number of nitrogens with zero attached hydrogens (tertiary/aromatic N) is 2. The number of hydrogen-bond acceptors (Lipinski definition) is 2. The third-order valence-electron chi connectivity index (χ3n) is 3.76. The summed E-state index contributed by atoms with van der Waals surface area (Å²) in [5.74, 6) is 0.954. The molecule has 0 amide bonds. The molecule has 14 heavy (non-hydrogen) atoms. The summed E-state index contributed by atoms with van der Waals surface area (Å²) in [5, 5.41) is 0. The molecule has 0 bridgehead atoms. The summed E-state index contributed by atoms with van der Waals surface area (Å²) in [7, 11) is 0. The molecule has 2 saturated heterocycles. The van der Waals surface area contributed by atoms with Gasteiger partial charge in [-0.3, -0.25) is 0 Å². The van der Waals surface area contributed by atoms with E-state index in [1.165, 1.54) is 52.0 Å². The van der Waals surface area contributed by atoms with Crippen molar-refractivity contribution < 1.29 is 0 Å². The van der Waals surface area contributed by atoms with E-state index in [1.807, 2.05) is 0 Å². The minimum atomic E-state index is 0.749. The van der Waals surface area contributed by atoms with Gasteiger partial charge in [-0.15, -0.1) is 0 Å². The molecule has 2 heteroatoms. The van der Waals surface area contributed by atoms with E-state index >= 15 is 0 Å². The highest BCUT2D eigenvalue weighted by atomic mass is 15.2. The van der Waals surface area contributed by atoms with Crippen LogP contribution in [-0.2, 0) is 0 Å². The third kappa shape index (κ3) is 2.48. The average Bonchev–Trinajstić information content (AvgIpc) is 2.75. The summed E-state index contributed by atoms with van der Waals surface area (Å²) in [5.41, 5.74) is 0. The first-order valence-corrected chi connectivity index (χ1v) is 6.22. The van der Waals surface area contributed by atoms with Gasteiger partial charge in [0.05, 0.1) is 0 Å². The van der Waals surface area contributed by atoms with Crippen LogP contribution in [0.5, 0.6) is 0 Å². The van der Waals surface area contributed by atoms with E-state index < -0.39 is 0 Å². The third-order valence-corrected chi connectivity index (χ3v) is 3.76. The van der Waals surface area contributed by atoms with E-state index in [9.17, 15) is 0 Å². The van der Waals surface area contributed by atoms with E-state index in [0.29, 0.717) is 0 Å². The zero-order chi connectivity index (χ0) is 9.97. The van der Waals surface area contributed by atoms with Crippen molar-refractivity contribution in [3.05, 3.63) is 0 Å². The van der Waals surface area contributed by atoms with Crippen molar-refractivity contribution >= 4 is 0 Å². The number of likely N-dealkylation sites (tertiary alicyclic amines) is 2. The van der Waals surface area contributed by atoms with Gasteiger partial charge in [0.15, 0.2) is 0 Å². The Bertz CT molecular complexity index is 173. The number of hydrogen-bond donors (Lipinski definition) is 0. The minimum Gasteiger partial charge on any atom is -0.303 e. The largest absolute Gasteiger partial charge is 0.303 e. The van der Waals surface area contributed by atoms with Gasteiger partial charge in [0.2, 0.25) is 0 Å². The second-order valence-corrected chi connectivity index (χ2v) is 5.25. The van der Waals surface area contributed by atoms with Crippen molar-refractivity contribution in [1.29, 1.82) is 0 Å². The lowest BCUT2D eigenvalue weighted by atomic mass is 10.1. The zero-order valence-corrected chi connectivity index (χ0v) is 9.71. The maximum atomic E-state index is 2.66. The van der Waals surface area contributed by atoms with Crippen LogP contribution < -0.4 is 0 Å². The van der Waals surface area contributed by atoms with Crippen molar-refractivity contribution in [2.24, 2.45) is 5.92 Å². The lowest BCUT2D eigenvalue weighted by Gasteiger charge is -2.22. The van der Waals surface area contributed by atoms with Crippen LogP contribution >= 0.6 is 0 Å². The highest BCUT2D eigenvalue weighted by molar-refractivity contribution is 4.81. The fraction of sp³-hybridized carbons (Fsp3) is 1.00. The summed E-state index contributed by atoms with van der Waals surface area (Å²) < 4.78 is 0. The van der Waals surface area contributed by atoms with Gasteiger partial charge in [-0.05, 0) is 58.7 Å². The molecule has 1 atom stereocenters. The standard InChI is InChI=1S/C12H24N2/c1-11(2)14-8-5-12(10-14)9-13-6-3-4-7-13/h11-12H,3-10H2,1-2H3/t12-/m0/s1. The Balaban J connectivity index is 1.72. The first kappa shape index (κ1) is 10.4. The Hall–Kier alpha value is -0.0800. The SMILES string of the molecule is CC(C)N1CC[C@@H](CN2CCCC2)C1. The molecule has 0 unspecified atom stereocenters. The van der Waals surface area contributed by atoms with Gasteiger partial charge < -0.3 is 9.80 Å². The van der Waals surface area contributed by atoms with E-state index in [4.69, 9.17) is 0 Å². The van der Waals surface area contributed by atoms with Crippen LogP contribution in [-0.4, -0.2) is 48.6 Å². The van der Waals surface area contributed by atoms with Crippen LogP contribution in [0.4, 0.5) is 0 Å². The van der Waals surface area contributed by atoms with E-state index in [1.54, 1.807) is 0 Å². The predicted molar refractivity (Wildman–Crippen MR) is 60.5 cm³/mol. The lowest BCUT2D eigenvalue weighted by molar-refractivity contribution is 0.238. The van der Waals surface area contributed by atoms with Crippen LogP contribution in [0.15, 0.2) is 0 Å². The monoisotopic (exact) mass is 196 g/mol. The van der Waals surface area contributed by atoms with E-state index in [0.717, 1.165) is 12.0 Å². The van der Waals surface area contributed by atoms with Crippen molar-refractivity contribution in [2.45, 2.75) is 39.2 Å². The number of rotatable bonds is 3. The molecule has 0 aromatic rings. The van der Waals surface area contributed by atoms with Crippen molar-refractivity contribution in [3.63, 3.8) is 0 Å². The highest BCUT2D eigenvalue weighted by Gasteiger charge is 2.26. The van der Waals surface area contributed by atoms with Gasteiger partial charge in [-0.25, -0.2) is 0 Å². The topological polar surface area (TPSA) is 6.48 Å². The van der Waals surface area contributed by atoms with Crippen LogP contribution in [0.25, 0.3) is 0 Å². The van der Waals surface area contributed by atoms with Gasteiger partial charge in [-0.1, -0.05) is 0 Å². The predicted octanol–water partition coefficient (Wildman–Crippen LogP) is 1.81. The Labute approximate surface area is 88.3 Å². The van der Waals surface area contributed by atoms with Gasteiger partial charge in [0.25, 0.3) is 0 Å². The van der Waals surface area contributed by atoms with Crippen molar-refractivity contribution in [3.8, 4) is 0 Å². The second-order valence-electron chi connectivity index (χ2n) is 5.25. The molecular formula is C12H24N2. The van der Waals surface area contributed by atoms with E-state index in [2.05, 4.69) is 23.6 Å². The summed E-state index contributed by atoms with van der Waals surface area (Å²) in [4.78, 5) is 5.29. The molecule has 2 nitrogen and oxygen atoms in total. The maximum absolute atomic E-state index is 2.66. The molecule has 2 heterocycles. The molecule has 0 radical (unpaired) electrons. The van der Waals surface area contributed by atoms with Crippen LogP contribution in [0.3, 0.4) is 0 Å². The minimum absolute atomic E-state index is 0.749. The molecule has 0 saturated carbocycles. The molecule has 2 aliphatic rings. The molecule has 2 fully saturated rings. The maximum Gasteiger partial charge on any atom is 0.00387 e. The first-order chi connectivity index (χ1) is 6.75. The van der Waals surface area contributed by atoms with Gasteiger partial charge in [-0.2, -0.15) is 0 Å². The molecule has 0 aromatic heterocycles. The molecule has 2 aliphatic heterocycles. The molecule has 0 spiro atoms. The van der Waals surface area contributed by atoms with Crippen LogP contribution in [0.1, 0.15) is 33.1 Å². The quantitative estimate of drug-likeness (QED) is 0.679. The van der Waals surface area contributed by atoms with E-state index in [-0.39, 0.29) is 0 Å². The Kier molecular flexibility index (Phi) is 3.45. The van der Waals surface area contributed by atoms with Crippen molar-refractivity contribution in [1.82, 2.24) is 9.80 Å². The molecule has 0 aliphatic carbocycles. The zero-order valence-electron chi connectivity index (χ0n) is 9.71. The molecule has 82 valence electrons. The highest BCUT2D eigenvalue weighted by Crippen LogP contribution is 2.21. The Morgan fingerprint density at radius 1 is 1.14 bits per heavy atom. The normalized spacial score (nSPS) is 30.6. The lowest BCUT2D eigenvalue weighted by Crippen LogP contribution is -2.31. The van der Waals surface area contributed by atoms with Crippen molar-refractivity contribution in [2.75, 3.05) is 32.7 Å². The summed E-state index contributed by atoms with van der Waals surface area (Å²) in [6.07, 6.45) is 4.29. The Morgan fingerprint density at radius 3 is 2.43 bits per heavy atom. The van der Waals surface area contributed by atoms with Crippen LogP contribution in [0, 0.1) is 5.92 Å². The molecule has 0 N–H and O–H groups in total. The average molecular weight is 196 g/mol. The van der Waals surface area contributed by atoms with Gasteiger partial charge in [0.1, 0.15) is 0 Å². The summed E-state index contributed by atoms with van der Waals surface area (Å²) in [6, 6.07) is 0.749. The summed E-state index contributed by atoms with van der Waals surface area (Å²) in [6.45, 7) is 11.4.